The van der Waals surface area contributed by atoms with E-state index >= 15 is 9.59 Å². The summed E-state index contributed by atoms with van der Waals surface area (Å²) in [4.78, 5) is 194. The molecule has 0 spiro atoms. The molecule has 1 saturated heterocycles. The zero-order valence-electron chi connectivity index (χ0n) is 62.3. The van der Waals surface area contributed by atoms with Crippen molar-refractivity contribution in [1.82, 2.24) is 58.1 Å². The molecular formula is C76H100ClN15O16S. The Kier molecular flexibility index (Phi) is 34.2. The molecule has 1 fully saturated rings. The summed E-state index contributed by atoms with van der Waals surface area (Å²) in [6.45, 7) is 11.6. The summed E-state index contributed by atoms with van der Waals surface area (Å²) in [6.07, 6.45) is -0.491. The van der Waals surface area contributed by atoms with Gasteiger partial charge in [-0.2, -0.15) is 0 Å². The molecular weight excluding hydrogens is 1450 g/mol. The number of fused-ring (bicyclic) bond motifs is 1. The third-order valence-electron chi connectivity index (χ3n) is 17.7. The number of carbonyl (C=O) groups excluding carboxylic acids is 14. The number of carbonyl (C=O) groups is 14. The summed E-state index contributed by atoms with van der Waals surface area (Å²) in [5, 5.41) is 42.1. The number of nitrogens with one attached hydrogen (secondary N) is 12. The van der Waals surface area contributed by atoms with E-state index in [4.69, 9.17) is 23.1 Å². The first kappa shape index (κ1) is 87.2. The van der Waals surface area contributed by atoms with Crippen molar-refractivity contribution in [2.45, 2.75) is 197 Å². The van der Waals surface area contributed by atoms with Crippen molar-refractivity contribution in [2.24, 2.45) is 11.5 Å². The van der Waals surface area contributed by atoms with Crippen LogP contribution in [-0.2, 0) is 104 Å². The number of nitrogens with two attached hydrogens (primary N) is 2. The van der Waals surface area contributed by atoms with Gasteiger partial charge in [0.25, 0.3) is 5.91 Å². The molecule has 0 aliphatic carbocycles. The van der Waals surface area contributed by atoms with Gasteiger partial charge in [-0.1, -0.05) is 118 Å². The average molecular weight is 1550 g/mol. The molecule has 31 nitrogen and oxygen atoms in total. The van der Waals surface area contributed by atoms with Gasteiger partial charge in [-0.25, -0.2) is 0 Å². The zero-order valence-corrected chi connectivity index (χ0v) is 63.8. The van der Waals surface area contributed by atoms with Crippen LogP contribution in [0.4, 0.5) is 11.4 Å². The van der Waals surface area contributed by atoms with Gasteiger partial charge >= 0.3 is 0 Å². The Morgan fingerprint density at radius 1 is 0.505 bits per heavy atom. The van der Waals surface area contributed by atoms with Gasteiger partial charge in [0.1, 0.15) is 54.4 Å². The number of halogens is 1. The van der Waals surface area contributed by atoms with Crippen LogP contribution < -0.4 is 75.3 Å². The molecule has 0 bridgehead atoms. The maximum atomic E-state index is 15.2. The normalized spacial score (nSPS) is 15.3. The van der Waals surface area contributed by atoms with E-state index in [-0.39, 0.29) is 44.7 Å². The number of benzene rings is 5. The lowest BCUT2D eigenvalue weighted by Gasteiger charge is -2.31. The monoisotopic (exact) mass is 1550 g/mol. The number of nitrogens with zero attached hydrogens (tertiary/aromatic N) is 1. The molecule has 0 aromatic heterocycles. The Hall–Kier alpha value is -10.7. The summed E-state index contributed by atoms with van der Waals surface area (Å²) >= 11 is 6.21. The van der Waals surface area contributed by atoms with Crippen molar-refractivity contribution >= 4 is 127 Å². The van der Waals surface area contributed by atoms with Crippen LogP contribution in [0.3, 0.4) is 0 Å². The van der Waals surface area contributed by atoms with Crippen LogP contribution in [0.5, 0.6) is 0 Å². The molecule has 0 saturated carbocycles. The molecule has 11 unspecified atom stereocenters. The molecule has 5 aromatic rings. The Morgan fingerprint density at radius 3 is 1.44 bits per heavy atom. The van der Waals surface area contributed by atoms with Gasteiger partial charge in [-0.15, -0.1) is 0 Å². The zero-order chi connectivity index (χ0) is 80.2. The van der Waals surface area contributed by atoms with Crippen molar-refractivity contribution < 1.29 is 76.4 Å². The van der Waals surface area contributed by atoms with Gasteiger partial charge < -0.3 is 85.3 Å². The van der Waals surface area contributed by atoms with Crippen LogP contribution in [0.1, 0.15) is 123 Å². The molecule has 1 heterocycles. The summed E-state index contributed by atoms with van der Waals surface area (Å²) in [5.41, 5.74) is 13.5. The molecule has 1 aliphatic rings. The molecule has 0 radical (unpaired) electrons. The molecule has 109 heavy (non-hydrogen) atoms. The van der Waals surface area contributed by atoms with Crippen LogP contribution in [0.15, 0.2) is 115 Å². The minimum absolute atomic E-state index is 0.0133. The second-order valence-electron chi connectivity index (χ2n) is 27.4. The van der Waals surface area contributed by atoms with Gasteiger partial charge in [-0.3, -0.25) is 71.3 Å². The Morgan fingerprint density at radius 2 is 0.954 bits per heavy atom. The van der Waals surface area contributed by atoms with E-state index in [9.17, 15) is 66.8 Å². The molecule has 588 valence electrons. The second-order valence-corrected chi connectivity index (χ2v) is 29.9. The SMILES string of the molecule is CC(=O)Nc1ccc(CC(NC(=O)C(CO)NC(=O)C(CCC(N)=O)NC(=O)C(Cc2ccc(Cl)cc2)NC(=O)C(Cc2ccc3ccccc3c2)NC(C)=O)C(=O)NC(Cc2ccc(NC(C)=O)cc2)C(=O)NC(C(=O)NC(CCCCNC(C)C)C(=O)N2CCCC2C(=O)NC(C)C(N)=O)S(=O)C(C)C)cc1. The number of hydrogen-bond donors (Lipinski definition) is 15. The lowest BCUT2D eigenvalue weighted by molar-refractivity contribution is -0.142. The minimum atomic E-state index is -2.28. The quantitative estimate of drug-likeness (QED) is 0.0244. The van der Waals surface area contributed by atoms with Crippen molar-refractivity contribution in [2.75, 3.05) is 30.3 Å². The van der Waals surface area contributed by atoms with Gasteiger partial charge in [0.15, 0.2) is 5.37 Å². The Balaban J connectivity index is 1.32. The standard InChI is InChI=1S/C76H100ClN15O16S/c1-42(2)80-34-12-11-16-58(76(107)92-35-13-17-64(92)73(105)81-44(5)66(79)98)86-74(106)75(109(108)43(3)4)91-71(103)62(39-50-23-30-56(31-24-50)83-46(7)95)88-70(102)61(38-49-21-28-55(29-22-49)82-45(6)94)89-72(104)63(41-93)90-67(99)57(32-33-65(78)97)85-69(101)60(37-48-19-26-54(77)27-20-48)87-68(100)59(84-47(8)96)40-51-18-25-52-14-9-10-15-53(52)36-51/h9-10,14-15,18-31,36,42-44,57-64,75,80,93H,11-13,16-17,32-35,37-41H2,1-8H3,(H2,78,97)(H2,79,98)(H,81,105)(H,82,94)(H,83,95)(H,84,96)(H,85,101)(H,86,106)(H,87,100)(H,88,102)(H,89,104)(H,90,99)(H,91,103). The molecule has 17 N–H and O–H groups in total. The van der Waals surface area contributed by atoms with E-state index < -0.39 is 184 Å². The summed E-state index contributed by atoms with van der Waals surface area (Å²) in [6, 6.07) is 18.2. The number of aliphatic hydroxyl groups is 1. The molecule has 11 atom stereocenters. The van der Waals surface area contributed by atoms with E-state index in [1.54, 1.807) is 30.3 Å². The molecule has 1 aliphatic heterocycles. The summed E-state index contributed by atoms with van der Waals surface area (Å²) in [5.74, 6) is -11.8. The van der Waals surface area contributed by atoms with E-state index in [2.05, 4.69) is 63.8 Å². The maximum Gasteiger partial charge on any atom is 0.256 e. The average Bonchev–Trinajstić information content (AvgIpc) is 1.38. The molecule has 6 rings (SSSR count). The van der Waals surface area contributed by atoms with E-state index in [1.807, 2.05) is 50.2 Å². The van der Waals surface area contributed by atoms with E-state index in [0.717, 1.165) is 10.8 Å². The number of amides is 14. The van der Waals surface area contributed by atoms with Crippen LogP contribution in [0.25, 0.3) is 10.8 Å². The Labute approximate surface area is 640 Å². The van der Waals surface area contributed by atoms with Gasteiger partial charge in [0.05, 0.1) is 17.4 Å². The van der Waals surface area contributed by atoms with E-state index in [0.29, 0.717) is 64.5 Å². The smallest absolute Gasteiger partial charge is 0.256 e. The topological polar surface area (TPSA) is 476 Å². The minimum Gasteiger partial charge on any atom is -0.394 e. The molecule has 14 amide bonds. The number of likely N-dealkylation sites (tertiary alicyclic amines) is 1. The third kappa shape index (κ3) is 28.4. The highest BCUT2D eigenvalue weighted by Crippen LogP contribution is 2.23. The summed E-state index contributed by atoms with van der Waals surface area (Å²) < 4.78 is 14.5. The predicted octanol–water partition coefficient (Wildman–Crippen LogP) is 1.10. The maximum absolute atomic E-state index is 15.2. The van der Waals surface area contributed by atoms with Crippen molar-refractivity contribution in [3.8, 4) is 0 Å². The highest BCUT2D eigenvalue weighted by atomic mass is 35.5. The van der Waals surface area contributed by atoms with Gasteiger partial charge in [0.2, 0.25) is 76.8 Å². The van der Waals surface area contributed by atoms with Crippen molar-refractivity contribution in [3.63, 3.8) is 0 Å². The van der Waals surface area contributed by atoms with Crippen LogP contribution >= 0.6 is 11.6 Å². The van der Waals surface area contributed by atoms with Crippen LogP contribution in [0.2, 0.25) is 5.02 Å². The van der Waals surface area contributed by atoms with E-state index in [1.165, 1.54) is 95.0 Å². The second kappa shape index (κ2) is 42.7. The van der Waals surface area contributed by atoms with Crippen molar-refractivity contribution in [3.05, 3.63) is 143 Å². The highest BCUT2D eigenvalue weighted by Gasteiger charge is 2.41. The number of hydrogen-bond acceptors (Lipinski definition) is 17. The van der Waals surface area contributed by atoms with Crippen molar-refractivity contribution in [1.29, 1.82) is 0 Å². The molecule has 5 aromatic carbocycles. The lowest BCUT2D eigenvalue weighted by Crippen LogP contribution is -2.62. The third-order valence-corrected chi connectivity index (χ3v) is 19.7. The Bertz CT molecular complexity index is 4090. The predicted molar refractivity (Wildman–Crippen MR) is 410 cm³/mol. The number of aliphatic hydroxyl groups excluding tert-OH is 1. The number of rotatable bonds is 41. The largest absolute Gasteiger partial charge is 0.394 e. The van der Waals surface area contributed by atoms with Gasteiger partial charge in [0, 0.05) is 87.1 Å². The lowest BCUT2D eigenvalue weighted by atomic mass is 9.99. The first-order valence-electron chi connectivity index (χ1n) is 36.0. The highest BCUT2D eigenvalue weighted by molar-refractivity contribution is 7.87. The fourth-order valence-electron chi connectivity index (χ4n) is 12.0. The van der Waals surface area contributed by atoms with Crippen LogP contribution in [0, 0.1) is 0 Å². The number of primary amides is 2. The fraction of sp³-hybridized carbons (Fsp3) is 0.447. The number of anilines is 2. The number of unbranched alkanes of at least 4 members (excludes halogenated alkanes) is 1. The fourth-order valence-corrected chi connectivity index (χ4v) is 13.1. The first-order chi connectivity index (χ1) is 51.7. The first-order valence-corrected chi connectivity index (χ1v) is 37.6. The van der Waals surface area contributed by atoms with Crippen LogP contribution in [-0.4, -0.2) is 188 Å². The summed E-state index contributed by atoms with van der Waals surface area (Å²) in [7, 11) is -2.28. The van der Waals surface area contributed by atoms with Gasteiger partial charge in [-0.05, 0) is 121 Å². The molecule has 33 heteroatoms.